The normalized spacial score (nSPS) is 16.9. The Morgan fingerprint density at radius 2 is 1.96 bits per heavy atom. The van der Waals surface area contributed by atoms with Crippen LogP contribution in [0.25, 0.3) is 0 Å². The number of aryl methyl sites for hydroxylation is 3. The van der Waals surface area contributed by atoms with Crippen molar-refractivity contribution in [3.63, 3.8) is 0 Å². The van der Waals surface area contributed by atoms with E-state index in [1.54, 1.807) is 0 Å². The Kier molecular flexibility index (Phi) is 5.09. The lowest BCUT2D eigenvalue weighted by Gasteiger charge is -2.38. The number of hydrogen-bond acceptors (Lipinski definition) is 5. The Hall–Kier alpha value is -2.01. The molecule has 2 heterocycles. The number of alkyl halides is 1. The first-order valence-electron chi connectivity index (χ1n) is 8.38. The molecule has 5 nitrogen and oxygen atoms in total. The van der Waals surface area contributed by atoms with Gasteiger partial charge in [0.1, 0.15) is 5.69 Å². The predicted molar refractivity (Wildman–Crippen MR) is 101 cm³/mol. The van der Waals surface area contributed by atoms with Crippen molar-refractivity contribution < 1.29 is 0 Å². The summed E-state index contributed by atoms with van der Waals surface area (Å²) in [5.41, 5.74) is 16.4. The van der Waals surface area contributed by atoms with Crippen LogP contribution in [0.5, 0.6) is 0 Å². The first-order chi connectivity index (χ1) is 11.6. The quantitative estimate of drug-likeness (QED) is 0.814. The van der Waals surface area contributed by atoms with Crippen molar-refractivity contribution in [1.82, 2.24) is 9.97 Å². The number of fused-ring (bicyclic) bond motifs is 1. The monoisotopic (exact) mass is 345 g/mol. The maximum Gasteiger partial charge on any atom is 0.222 e. The summed E-state index contributed by atoms with van der Waals surface area (Å²) in [5.74, 6) is 1.25. The van der Waals surface area contributed by atoms with Crippen LogP contribution in [0.3, 0.4) is 0 Å². The summed E-state index contributed by atoms with van der Waals surface area (Å²) >= 11 is 6.04. The van der Waals surface area contributed by atoms with Gasteiger partial charge in [-0.2, -0.15) is 4.98 Å². The lowest BCUT2D eigenvalue weighted by Crippen LogP contribution is -2.42. The van der Waals surface area contributed by atoms with E-state index in [9.17, 15) is 0 Å². The van der Waals surface area contributed by atoms with Gasteiger partial charge in [-0.15, -0.1) is 11.6 Å². The van der Waals surface area contributed by atoms with Crippen molar-refractivity contribution in [2.24, 2.45) is 0 Å². The van der Waals surface area contributed by atoms with Crippen LogP contribution in [0.4, 0.5) is 17.5 Å². The van der Waals surface area contributed by atoms with E-state index in [0.717, 1.165) is 43.6 Å². The summed E-state index contributed by atoms with van der Waals surface area (Å²) in [6.45, 7) is 2.85. The molecule has 3 rings (SSSR count). The van der Waals surface area contributed by atoms with Gasteiger partial charge in [0, 0.05) is 18.5 Å². The number of hydrogen-bond donors (Lipinski definition) is 2. The third-order valence-corrected chi connectivity index (χ3v) is 4.82. The molecule has 0 bridgehead atoms. The second kappa shape index (κ2) is 7.26. The van der Waals surface area contributed by atoms with Crippen molar-refractivity contribution in [2.45, 2.75) is 38.6 Å². The zero-order valence-corrected chi connectivity index (χ0v) is 14.8. The van der Waals surface area contributed by atoms with Crippen molar-refractivity contribution >= 4 is 29.1 Å². The van der Waals surface area contributed by atoms with E-state index in [1.807, 2.05) is 0 Å². The molecular formula is C18H24ClN5. The Bertz CT molecular complexity index is 701. The number of aromatic nitrogens is 2. The second-order valence-corrected chi connectivity index (χ2v) is 6.74. The molecule has 6 heteroatoms. The number of rotatable bonds is 5. The second-order valence-electron chi connectivity index (χ2n) is 6.36. The Morgan fingerprint density at radius 3 is 2.67 bits per heavy atom. The minimum Gasteiger partial charge on any atom is -0.382 e. The van der Waals surface area contributed by atoms with E-state index in [4.69, 9.17) is 23.1 Å². The van der Waals surface area contributed by atoms with Gasteiger partial charge in [-0.3, -0.25) is 0 Å². The maximum atomic E-state index is 6.13. The summed E-state index contributed by atoms with van der Waals surface area (Å²) < 4.78 is 0. The molecule has 0 spiro atoms. The van der Waals surface area contributed by atoms with Crippen molar-refractivity contribution in [1.29, 1.82) is 0 Å². The maximum absolute atomic E-state index is 6.13. The van der Waals surface area contributed by atoms with Gasteiger partial charge in [-0.05, 0) is 38.2 Å². The topological polar surface area (TPSA) is 81.1 Å². The number of halogens is 1. The highest BCUT2D eigenvalue weighted by atomic mass is 35.5. The van der Waals surface area contributed by atoms with E-state index in [-0.39, 0.29) is 5.95 Å². The SMILES string of the molecule is Cc1ccc(CCC2CCc3nc(N)nc(N)c3N2CCCl)cc1. The average Bonchev–Trinajstić information content (AvgIpc) is 2.55. The van der Waals surface area contributed by atoms with Crippen LogP contribution in [-0.4, -0.2) is 28.4 Å². The highest BCUT2D eigenvalue weighted by Crippen LogP contribution is 2.35. The van der Waals surface area contributed by atoms with Crippen LogP contribution in [-0.2, 0) is 12.8 Å². The number of nitrogen functional groups attached to an aromatic ring is 2. The highest BCUT2D eigenvalue weighted by molar-refractivity contribution is 6.18. The summed E-state index contributed by atoms with van der Waals surface area (Å²) in [4.78, 5) is 10.8. The van der Waals surface area contributed by atoms with Crippen molar-refractivity contribution in [3.05, 3.63) is 41.1 Å². The number of anilines is 3. The molecule has 0 aliphatic carbocycles. The molecule has 1 aliphatic rings. The molecule has 0 saturated heterocycles. The minimum atomic E-state index is 0.246. The largest absolute Gasteiger partial charge is 0.382 e. The molecule has 0 amide bonds. The van der Waals surface area contributed by atoms with Crippen LogP contribution in [0.1, 0.15) is 29.7 Å². The summed E-state index contributed by atoms with van der Waals surface area (Å²) in [6, 6.07) is 9.13. The molecule has 1 atom stereocenters. The Balaban J connectivity index is 1.79. The number of benzene rings is 1. The van der Waals surface area contributed by atoms with Crippen LogP contribution in [0, 0.1) is 6.92 Å². The minimum absolute atomic E-state index is 0.246. The summed E-state index contributed by atoms with van der Waals surface area (Å²) in [7, 11) is 0. The first kappa shape index (κ1) is 16.8. The van der Waals surface area contributed by atoms with Gasteiger partial charge in [0.25, 0.3) is 0 Å². The van der Waals surface area contributed by atoms with Crippen LogP contribution >= 0.6 is 11.6 Å². The van der Waals surface area contributed by atoms with E-state index in [0.29, 0.717) is 17.7 Å². The van der Waals surface area contributed by atoms with Gasteiger partial charge >= 0.3 is 0 Å². The van der Waals surface area contributed by atoms with E-state index in [2.05, 4.69) is 46.1 Å². The molecule has 24 heavy (non-hydrogen) atoms. The average molecular weight is 346 g/mol. The molecule has 1 unspecified atom stereocenters. The van der Waals surface area contributed by atoms with E-state index >= 15 is 0 Å². The molecule has 1 aromatic heterocycles. The lowest BCUT2D eigenvalue weighted by molar-refractivity contribution is 0.498. The van der Waals surface area contributed by atoms with Gasteiger partial charge in [0.05, 0.1) is 5.69 Å². The molecule has 1 aromatic carbocycles. The van der Waals surface area contributed by atoms with Crippen molar-refractivity contribution in [3.8, 4) is 0 Å². The fourth-order valence-corrected chi connectivity index (χ4v) is 3.63. The van der Waals surface area contributed by atoms with Crippen LogP contribution < -0.4 is 16.4 Å². The molecule has 1 aliphatic heterocycles. The molecule has 4 N–H and O–H groups in total. The van der Waals surface area contributed by atoms with Gasteiger partial charge in [-0.1, -0.05) is 29.8 Å². The smallest absolute Gasteiger partial charge is 0.222 e. The third-order valence-electron chi connectivity index (χ3n) is 4.66. The van der Waals surface area contributed by atoms with E-state index < -0.39 is 0 Å². The zero-order valence-electron chi connectivity index (χ0n) is 14.0. The van der Waals surface area contributed by atoms with Gasteiger partial charge in [0.15, 0.2) is 5.82 Å². The van der Waals surface area contributed by atoms with Crippen LogP contribution in [0.2, 0.25) is 0 Å². The van der Waals surface area contributed by atoms with Crippen molar-refractivity contribution in [2.75, 3.05) is 28.8 Å². The lowest BCUT2D eigenvalue weighted by atomic mass is 9.94. The molecule has 2 aromatic rings. The van der Waals surface area contributed by atoms with Gasteiger partial charge in [-0.25, -0.2) is 4.98 Å². The number of nitrogens with zero attached hydrogens (tertiary/aromatic N) is 3. The molecule has 0 fully saturated rings. The summed E-state index contributed by atoms with van der Waals surface area (Å²) in [5, 5.41) is 0. The van der Waals surface area contributed by atoms with Crippen LogP contribution in [0.15, 0.2) is 24.3 Å². The fraction of sp³-hybridized carbons (Fsp3) is 0.444. The first-order valence-corrected chi connectivity index (χ1v) is 8.92. The highest BCUT2D eigenvalue weighted by Gasteiger charge is 2.29. The predicted octanol–water partition coefficient (Wildman–Crippen LogP) is 2.94. The Labute approximate surface area is 148 Å². The fourth-order valence-electron chi connectivity index (χ4n) is 3.44. The summed E-state index contributed by atoms with van der Waals surface area (Å²) in [6.07, 6.45) is 4.01. The molecule has 0 saturated carbocycles. The Morgan fingerprint density at radius 1 is 1.21 bits per heavy atom. The molecule has 128 valence electrons. The molecular weight excluding hydrogens is 322 g/mol. The zero-order chi connectivity index (χ0) is 17.1. The van der Waals surface area contributed by atoms with Gasteiger partial charge in [0.2, 0.25) is 5.95 Å². The molecule has 0 radical (unpaired) electrons. The number of nitrogens with two attached hydrogens (primary N) is 2. The van der Waals surface area contributed by atoms with Gasteiger partial charge < -0.3 is 16.4 Å². The van der Waals surface area contributed by atoms with E-state index in [1.165, 1.54) is 11.1 Å². The standard InChI is InChI=1S/C18H24ClN5/c1-12-2-4-13(5-3-12)6-7-14-8-9-15-16(24(14)11-10-19)17(20)23-18(21)22-15/h2-5,14H,6-11H2,1H3,(H4,20,21,22,23). The third kappa shape index (κ3) is 3.56.